The summed E-state index contributed by atoms with van der Waals surface area (Å²) in [5, 5.41) is 9.04. The number of nitrogens with zero attached hydrogens (tertiary/aromatic N) is 1. The zero-order valence-corrected chi connectivity index (χ0v) is 17.1. The van der Waals surface area contributed by atoms with Crippen molar-refractivity contribution in [3.05, 3.63) is 30.3 Å². The second-order valence-corrected chi connectivity index (χ2v) is 8.85. The minimum Gasteiger partial charge on any atom is -0.494 e. The lowest BCUT2D eigenvalue weighted by Crippen LogP contribution is -2.41. The molecule has 1 fully saturated rings. The van der Waals surface area contributed by atoms with Crippen LogP contribution in [0.15, 0.2) is 35.3 Å². The Hall–Kier alpha value is -2.29. The standard InChI is InChI=1S/C19H30N4O4S/c1-2-20-19(21-11-6-13-27-17-7-4-3-5-8-17)22-12-9-18(24)23-16-10-14-28(25,26)15-16/h3-5,7-8,16H,2,6,9-15H2,1H3,(H,23,24)(H2,20,21,22). The molecule has 1 aliphatic heterocycles. The van der Waals surface area contributed by atoms with Gasteiger partial charge in [-0.25, -0.2) is 8.42 Å². The maximum Gasteiger partial charge on any atom is 0.222 e. The zero-order chi connectivity index (χ0) is 20.2. The van der Waals surface area contributed by atoms with Crippen LogP contribution < -0.4 is 20.7 Å². The Morgan fingerprint density at radius 2 is 2.04 bits per heavy atom. The summed E-state index contributed by atoms with van der Waals surface area (Å²) < 4.78 is 28.5. The molecule has 28 heavy (non-hydrogen) atoms. The fraction of sp³-hybridized carbons (Fsp3) is 0.579. The second-order valence-electron chi connectivity index (χ2n) is 6.62. The van der Waals surface area contributed by atoms with E-state index in [1.54, 1.807) is 0 Å². The monoisotopic (exact) mass is 410 g/mol. The molecule has 0 saturated carbocycles. The molecule has 1 aliphatic rings. The summed E-state index contributed by atoms with van der Waals surface area (Å²) in [6.07, 6.45) is 1.54. The van der Waals surface area contributed by atoms with Crippen molar-refractivity contribution in [3.8, 4) is 5.75 Å². The molecule has 1 aromatic rings. The van der Waals surface area contributed by atoms with Crippen LogP contribution in [0.5, 0.6) is 5.75 Å². The first-order valence-electron chi connectivity index (χ1n) is 9.68. The van der Waals surface area contributed by atoms with Crippen LogP contribution in [-0.2, 0) is 14.6 Å². The van der Waals surface area contributed by atoms with E-state index >= 15 is 0 Å². The lowest BCUT2D eigenvalue weighted by Gasteiger charge is -2.13. The van der Waals surface area contributed by atoms with Crippen molar-refractivity contribution in [1.29, 1.82) is 0 Å². The number of hydrogen-bond donors (Lipinski definition) is 3. The van der Waals surface area contributed by atoms with Crippen molar-refractivity contribution in [1.82, 2.24) is 16.0 Å². The number of hydrogen-bond acceptors (Lipinski definition) is 5. The van der Waals surface area contributed by atoms with Crippen molar-refractivity contribution in [2.24, 2.45) is 4.99 Å². The topological polar surface area (TPSA) is 109 Å². The molecular formula is C19H30N4O4S. The second kappa shape index (κ2) is 11.5. The molecule has 1 aromatic carbocycles. The third-order valence-electron chi connectivity index (χ3n) is 4.17. The van der Waals surface area contributed by atoms with Gasteiger partial charge in [-0.2, -0.15) is 0 Å². The highest BCUT2D eigenvalue weighted by Crippen LogP contribution is 2.11. The van der Waals surface area contributed by atoms with Gasteiger partial charge in [-0.05, 0) is 25.5 Å². The van der Waals surface area contributed by atoms with Crippen LogP contribution in [-0.4, -0.2) is 64.1 Å². The first kappa shape index (κ1) is 22.0. The number of benzene rings is 1. The molecule has 1 amide bonds. The van der Waals surface area contributed by atoms with Crippen LogP contribution in [0.1, 0.15) is 26.2 Å². The fourth-order valence-electron chi connectivity index (χ4n) is 2.81. The Morgan fingerprint density at radius 1 is 1.25 bits per heavy atom. The molecule has 1 unspecified atom stereocenters. The van der Waals surface area contributed by atoms with E-state index in [9.17, 15) is 13.2 Å². The largest absolute Gasteiger partial charge is 0.494 e. The first-order valence-corrected chi connectivity index (χ1v) is 11.5. The van der Waals surface area contributed by atoms with Crippen LogP contribution in [0.25, 0.3) is 0 Å². The SMILES string of the molecule is CCNC(=NCCCOc1ccccc1)NCCC(=O)NC1CCS(=O)(=O)C1. The summed E-state index contributed by atoms with van der Waals surface area (Å²) in [7, 11) is -2.98. The van der Waals surface area contributed by atoms with Gasteiger partial charge in [0, 0.05) is 38.5 Å². The Labute approximate surface area is 167 Å². The molecule has 1 heterocycles. The molecule has 0 aliphatic carbocycles. The van der Waals surface area contributed by atoms with E-state index in [4.69, 9.17) is 4.74 Å². The average Bonchev–Trinajstić information content (AvgIpc) is 3.00. The van der Waals surface area contributed by atoms with Crippen LogP contribution in [0.2, 0.25) is 0 Å². The number of nitrogens with one attached hydrogen (secondary N) is 3. The summed E-state index contributed by atoms with van der Waals surface area (Å²) in [6.45, 7) is 4.31. The molecule has 0 bridgehead atoms. The van der Waals surface area contributed by atoms with E-state index < -0.39 is 9.84 Å². The highest BCUT2D eigenvalue weighted by molar-refractivity contribution is 7.91. The Balaban J connectivity index is 1.62. The summed E-state index contributed by atoms with van der Waals surface area (Å²) in [5.74, 6) is 1.54. The highest BCUT2D eigenvalue weighted by Gasteiger charge is 2.28. The number of aliphatic imine (C=N–C) groups is 1. The minimum atomic E-state index is -2.98. The van der Waals surface area contributed by atoms with E-state index in [2.05, 4.69) is 20.9 Å². The molecule has 0 aromatic heterocycles. The molecular weight excluding hydrogens is 380 g/mol. The summed E-state index contributed by atoms with van der Waals surface area (Å²) in [6, 6.07) is 9.39. The van der Waals surface area contributed by atoms with E-state index in [0.29, 0.717) is 32.1 Å². The molecule has 9 heteroatoms. The zero-order valence-electron chi connectivity index (χ0n) is 16.3. The summed E-state index contributed by atoms with van der Waals surface area (Å²) >= 11 is 0. The first-order chi connectivity index (χ1) is 13.5. The van der Waals surface area contributed by atoms with Crippen LogP contribution >= 0.6 is 0 Å². The van der Waals surface area contributed by atoms with Crippen molar-refractivity contribution in [2.75, 3.05) is 37.7 Å². The Kier molecular flexibility index (Phi) is 9.06. The van der Waals surface area contributed by atoms with Gasteiger partial charge in [0.2, 0.25) is 5.91 Å². The van der Waals surface area contributed by atoms with E-state index in [-0.39, 0.29) is 29.9 Å². The van der Waals surface area contributed by atoms with Gasteiger partial charge in [-0.3, -0.25) is 9.79 Å². The van der Waals surface area contributed by atoms with Gasteiger partial charge in [-0.1, -0.05) is 18.2 Å². The third kappa shape index (κ3) is 8.60. The number of carbonyl (C=O) groups is 1. The molecule has 3 N–H and O–H groups in total. The fourth-order valence-corrected chi connectivity index (χ4v) is 4.48. The summed E-state index contributed by atoms with van der Waals surface area (Å²) in [5.41, 5.74) is 0. The van der Waals surface area contributed by atoms with Crippen LogP contribution in [0.3, 0.4) is 0 Å². The predicted octanol–water partition coefficient (Wildman–Crippen LogP) is 0.704. The predicted molar refractivity (Wildman–Crippen MR) is 110 cm³/mol. The minimum absolute atomic E-state index is 0.0430. The van der Waals surface area contributed by atoms with E-state index in [1.165, 1.54) is 0 Å². The Bertz CT molecular complexity index is 738. The van der Waals surface area contributed by atoms with Gasteiger partial charge in [0.05, 0.1) is 18.1 Å². The number of guanidine groups is 1. The van der Waals surface area contributed by atoms with Gasteiger partial charge in [0.15, 0.2) is 15.8 Å². The van der Waals surface area contributed by atoms with Crippen molar-refractivity contribution >= 4 is 21.7 Å². The number of rotatable bonds is 10. The van der Waals surface area contributed by atoms with Gasteiger partial charge < -0.3 is 20.7 Å². The highest BCUT2D eigenvalue weighted by atomic mass is 32.2. The Morgan fingerprint density at radius 3 is 2.71 bits per heavy atom. The van der Waals surface area contributed by atoms with Crippen molar-refractivity contribution in [2.45, 2.75) is 32.2 Å². The van der Waals surface area contributed by atoms with E-state index in [0.717, 1.165) is 18.7 Å². The smallest absolute Gasteiger partial charge is 0.222 e. The van der Waals surface area contributed by atoms with Gasteiger partial charge in [0.1, 0.15) is 5.75 Å². The van der Waals surface area contributed by atoms with Gasteiger partial charge >= 0.3 is 0 Å². The molecule has 156 valence electrons. The van der Waals surface area contributed by atoms with Gasteiger partial charge in [0.25, 0.3) is 0 Å². The lowest BCUT2D eigenvalue weighted by molar-refractivity contribution is -0.121. The summed E-state index contributed by atoms with van der Waals surface area (Å²) in [4.78, 5) is 16.4. The third-order valence-corrected chi connectivity index (χ3v) is 5.94. The van der Waals surface area contributed by atoms with Crippen LogP contribution in [0, 0.1) is 0 Å². The number of sulfone groups is 1. The molecule has 1 saturated heterocycles. The normalized spacial score (nSPS) is 18.5. The maximum absolute atomic E-state index is 12.0. The van der Waals surface area contributed by atoms with Crippen LogP contribution in [0.4, 0.5) is 0 Å². The molecule has 0 spiro atoms. The number of amides is 1. The quantitative estimate of drug-likeness (QED) is 0.298. The molecule has 1 atom stereocenters. The number of ether oxygens (including phenoxy) is 1. The number of para-hydroxylation sites is 1. The average molecular weight is 411 g/mol. The maximum atomic E-state index is 12.0. The molecule has 8 nitrogen and oxygen atoms in total. The van der Waals surface area contributed by atoms with Gasteiger partial charge in [-0.15, -0.1) is 0 Å². The molecule has 2 rings (SSSR count). The van der Waals surface area contributed by atoms with Crippen molar-refractivity contribution < 1.29 is 17.9 Å². The van der Waals surface area contributed by atoms with E-state index in [1.807, 2.05) is 37.3 Å². The number of carbonyl (C=O) groups excluding carboxylic acids is 1. The molecule has 0 radical (unpaired) electrons. The van der Waals surface area contributed by atoms with Crippen molar-refractivity contribution in [3.63, 3.8) is 0 Å². The lowest BCUT2D eigenvalue weighted by atomic mass is 10.2.